The lowest BCUT2D eigenvalue weighted by Crippen LogP contribution is -2.23. The van der Waals surface area contributed by atoms with Gasteiger partial charge in [0.1, 0.15) is 0 Å². The predicted octanol–water partition coefficient (Wildman–Crippen LogP) is 2.65. The van der Waals surface area contributed by atoms with Gasteiger partial charge in [0.05, 0.1) is 0 Å². The molecule has 3 nitrogen and oxygen atoms in total. The van der Waals surface area contributed by atoms with Crippen molar-refractivity contribution in [2.45, 2.75) is 13.3 Å². The van der Waals surface area contributed by atoms with Gasteiger partial charge in [-0.1, -0.05) is 6.07 Å². The fraction of sp³-hybridized carbons (Fsp3) is 0.417. The van der Waals surface area contributed by atoms with E-state index < -0.39 is 0 Å². The molecule has 0 aliphatic carbocycles. The van der Waals surface area contributed by atoms with Crippen LogP contribution in [0, 0.1) is 6.92 Å². The minimum absolute atomic E-state index is 0.135. The van der Waals surface area contributed by atoms with E-state index in [1.54, 1.807) is 19.0 Å². The van der Waals surface area contributed by atoms with Crippen molar-refractivity contribution >= 4 is 27.5 Å². The van der Waals surface area contributed by atoms with Crippen LogP contribution < -0.4 is 5.32 Å². The summed E-state index contributed by atoms with van der Waals surface area (Å²) < 4.78 is 1.03. The number of hydrogen-bond donors (Lipinski definition) is 1. The minimum atomic E-state index is 0.135. The third-order valence-electron chi connectivity index (χ3n) is 2.28. The zero-order valence-electron chi connectivity index (χ0n) is 9.88. The molecule has 1 N–H and O–H groups in total. The SMILES string of the molecule is Cc1ccc(NCCC(=O)N(C)C)c(Br)c1. The molecular formula is C12H17BrN2O. The Labute approximate surface area is 105 Å². The molecular weight excluding hydrogens is 268 g/mol. The van der Waals surface area contributed by atoms with Gasteiger partial charge in [-0.25, -0.2) is 0 Å². The first-order valence-corrected chi connectivity index (χ1v) is 6.00. The molecule has 1 rings (SSSR count). The molecule has 0 fully saturated rings. The summed E-state index contributed by atoms with van der Waals surface area (Å²) in [6.07, 6.45) is 0.507. The van der Waals surface area contributed by atoms with Crippen molar-refractivity contribution in [1.29, 1.82) is 0 Å². The van der Waals surface area contributed by atoms with Crippen LogP contribution in [0.1, 0.15) is 12.0 Å². The first-order valence-electron chi connectivity index (χ1n) is 5.21. The normalized spacial score (nSPS) is 10.0. The number of carbonyl (C=O) groups excluding carboxylic acids is 1. The molecule has 0 spiro atoms. The molecule has 1 aromatic carbocycles. The molecule has 1 aromatic rings. The lowest BCUT2D eigenvalue weighted by atomic mass is 10.2. The van der Waals surface area contributed by atoms with E-state index in [9.17, 15) is 4.79 Å². The lowest BCUT2D eigenvalue weighted by molar-refractivity contribution is -0.128. The van der Waals surface area contributed by atoms with Gasteiger partial charge >= 0.3 is 0 Å². The summed E-state index contributed by atoms with van der Waals surface area (Å²) in [7, 11) is 3.54. The third kappa shape index (κ3) is 3.85. The Hall–Kier alpha value is -1.03. The highest BCUT2D eigenvalue weighted by molar-refractivity contribution is 9.10. The van der Waals surface area contributed by atoms with Gasteiger partial charge < -0.3 is 10.2 Å². The lowest BCUT2D eigenvalue weighted by Gasteiger charge is -2.12. The van der Waals surface area contributed by atoms with Gasteiger partial charge in [-0.05, 0) is 40.5 Å². The number of rotatable bonds is 4. The topological polar surface area (TPSA) is 32.3 Å². The Balaban J connectivity index is 2.46. The van der Waals surface area contributed by atoms with Crippen molar-refractivity contribution in [3.63, 3.8) is 0 Å². The smallest absolute Gasteiger partial charge is 0.223 e. The Morgan fingerprint density at radius 3 is 2.69 bits per heavy atom. The number of carbonyl (C=O) groups is 1. The van der Waals surface area contributed by atoms with E-state index in [2.05, 4.69) is 27.3 Å². The number of benzene rings is 1. The molecule has 0 saturated heterocycles. The molecule has 0 radical (unpaired) electrons. The predicted molar refractivity (Wildman–Crippen MR) is 70.7 cm³/mol. The Bertz CT molecular complexity index is 377. The van der Waals surface area contributed by atoms with E-state index in [1.807, 2.05) is 19.1 Å². The second-order valence-corrected chi connectivity index (χ2v) is 4.80. The average Bonchev–Trinajstić information content (AvgIpc) is 2.20. The number of nitrogens with one attached hydrogen (secondary N) is 1. The molecule has 0 atom stereocenters. The quantitative estimate of drug-likeness (QED) is 0.922. The summed E-state index contributed by atoms with van der Waals surface area (Å²) in [6.45, 7) is 2.70. The van der Waals surface area contributed by atoms with Crippen LogP contribution in [-0.2, 0) is 4.79 Å². The van der Waals surface area contributed by atoms with Crippen molar-refractivity contribution in [2.24, 2.45) is 0 Å². The molecule has 1 amide bonds. The van der Waals surface area contributed by atoms with E-state index in [0.717, 1.165) is 10.2 Å². The number of hydrogen-bond acceptors (Lipinski definition) is 2. The summed E-state index contributed by atoms with van der Waals surface area (Å²) >= 11 is 3.49. The summed E-state index contributed by atoms with van der Waals surface area (Å²) in [6, 6.07) is 6.11. The molecule has 0 heterocycles. The zero-order chi connectivity index (χ0) is 12.1. The van der Waals surface area contributed by atoms with Gasteiger partial charge in [0.2, 0.25) is 5.91 Å². The van der Waals surface area contributed by atoms with Crippen LogP contribution >= 0.6 is 15.9 Å². The van der Waals surface area contributed by atoms with Crippen molar-refractivity contribution in [3.8, 4) is 0 Å². The van der Waals surface area contributed by atoms with E-state index in [1.165, 1.54) is 5.56 Å². The summed E-state index contributed by atoms with van der Waals surface area (Å²) in [4.78, 5) is 12.9. The van der Waals surface area contributed by atoms with Gasteiger partial charge in [-0.2, -0.15) is 0 Å². The van der Waals surface area contributed by atoms with Crippen molar-refractivity contribution < 1.29 is 4.79 Å². The Morgan fingerprint density at radius 1 is 1.44 bits per heavy atom. The zero-order valence-corrected chi connectivity index (χ0v) is 11.5. The molecule has 4 heteroatoms. The number of anilines is 1. The maximum absolute atomic E-state index is 11.3. The Morgan fingerprint density at radius 2 is 2.12 bits per heavy atom. The van der Waals surface area contributed by atoms with Crippen LogP contribution in [0.15, 0.2) is 22.7 Å². The van der Waals surface area contributed by atoms with Gasteiger partial charge in [-0.15, -0.1) is 0 Å². The van der Waals surface area contributed by atoms with Crippen LogP contribution in [0.5, 0.6) is 0 Å². The molecule has 0 aliphatic rings. The third-order valence-corrected chi connectivity index (χ3v) is 2.93. The van der Waals surface area contributed by atoms with Gasteiger partial charge in [0, 0.05) is 37.2 Å². The molecule has 0 unspecified atom stereocenters. The fourth-order valence-electron chi connectivity index (χ4n) is 1.29. The summed E-state index contributed by atoms with van der Waals surface area (Å²) in [5.74, 6) is 0.135. The highest BCUT2D eigenvalue weighted by Gasteiger charge is 2.04. The number of amides is 1. The number of aryl methyl sites for hydroxylation is 1. The first-order chi connectivity index (χ1) is 7.50. The highest BCUT2D eigenvalue weighted by Crippen LogP contribution is 2.23. The second-order valence-electron chi connectivity index (χ2n) is 3.95. The van der Waals surface area contributed by atoms with Crippen LogP contribution in [0.3, 0.4) is 0 Å². The first kappa shape index (κ1) is 13.0. The summed E-state index contributed by atoms with van der Waals surface area (Å²) in [5, 5.41) is 3.23. The Kier molecular flexibility index (Phi) is 4.80. The maximum Gasteiger partial charge on any atom is 0.223 e. The van der Waals surface area contributed by atoms with Gasteiger partial charge in [0.15, 0.2) is 0 Å². The van der Waals surface area contributed by atoms with E-state index >= 15 is 0 Å². The van der Waals surface area contributed by atoms with Crippen LogP contribution in [0.2, 0.25) is 0 Å². The number of halogens is 1. The monoisotopic (exact) mass is 284 g/mol. The molecule has 0 bridgehead atoms. The van der Waals surface area contributed by atoms with Crippen LogP contribution in [0.4, 0.5) is 5.69 Å². The molecule has 0 aliphatic heterocycles. The minimum Gasteiger partial charge on any atom is -0.384 e. The van der Waals surface area contributed by atoms with Crippen LogP contribution in [-0.4, -0.2) is 31.4 Å². The van der Waals surface area contributed by atoms with Gasteiger partial charge in [-0.3, -0.25) is 4.79 Å². The average molecular weight is 285 g/mol. The largest absolute Gasteiger partial charge is 0.384 e. The number of nitrogens with zero attached hydrogens (tertiary/aromatic N) is 1. The highest BCUT2D eigenvalue weighted by atomic mass is 79.9. The molecule has 16 heavy (non-hydrogen) atoms. The molecule has 88 valence electrons. The fourth-order valence-corrected chi connectivity index (χ4v) is 1.92. The van der Waals surface area contributed by atoms with E-state index in [0.29, 0.717) is 13.0 Å². The maximum atomic E-state index is 11.3. The van der Waals surface area contributed by atoms with E-state index in [4.69, 9.17) is 0 Å². The van der Waals surface area contributed by atoms with Crippen molar-refractivity contribution in [2.75, 3.05) is 26.0 Å². The van der Waals surface area contributed by atoms with Crippen molar-refractivity contribution in [3.05, 3.63) is 28.2 Å². The molecule has 0 saturated carbocycles. The van der Waals surface area contributed by atoms with E-state index in [-0.39, 0.29) is 5.91 Å². The second kappa shape index (κ2) is 5.89. The molecule has 0 aromatic heterocycles. The standard InChI is InChI=1S/C12H17BrN2O/c1-9-4-5-11(10(13)8-9)14-7-6-12(16)15(2)3/h4-5,8,14H,6-7H2,1-3H3. The van der Waals surface area contributed by atoms with Gasteiger partial charge in [0.25, 0.3) is 0 Å². The van der Waals surface area contributed by atoms with Crippen LogP contribution in [0.25, 0.3) is 0 Å². The van der Waals surface area contributed by atoms with Crippen molar-refractivity contribution in [1.82, 2.24) is 4.90 Å². The summed E-state index contributed by atoms with van der Waals surface area (Å²) in [5.41, 5.74) is 2.24.